The number of para-hydroxylation sites is 1. The molecule has 1 saturated carbocycles. The van der Waals surface area contributed by atoms with E-state index >= 15 is 0 Å². The van der Waals surface area contributed by atoms with Gasteiger partial charge in [-0.2, -0.15) is 0 Å². The van der Waals surface area contributed by atoms with Gasteiger partial charge in [0.05, 0.1) is 24.9 Å². The summed E-state index contributed by atoms with van der Waals surface area (Å²) in [7, 11) is 0. The van der Waals surface area contributed by atoms with Crippen molar-refractivity contribution >= 4 is 5.97 Å². The van der Waals surface area contributed by atoms with Gasteiger partial charge in [0.2, 0.25) is 0 Å². The van der Waals surface area contributed by atoms with Crippen molar-refractivity contribution in [3.63, 3.8) is 0 Å². The van der Waals surface area contributed by atoms with E-state index in [0.29, 0.717) is 19.4 Å². The molecule has 1 aliphatic carbocycles. The first-order valence-corrected chi connectivity index (χ1v) is 12.6. The molecule has 0 aromatic heterocycles. The van der Waals surface area contributed by atoms with Gasteiger partial charge in [0.25, 0.3) is 0 Å². The van der Waals surface area contributed by atoms with Gasteiger partial charge in [-0.05, 0) is 63.2 Å². The van der Waals surface area contributed by atoms with Crippen LogP contribution in [-0.4, -0.2) is 53.8 Å². The molecule has 6 nitrogen and oxygen atoms in total. The molecule has 2 aliphatic rings. The Morgan fingerprint density at radius 1 is 1.21 bits per heavy atom. The molecule has 0 saturated heterocycles. The average molecular weight is 473 g/mol. The molecule has 3 rings (SSSR count). The van der Waals surface area contributed by atoms with E-state index in [-0.39, 0.29) is 36.6 Å². The maximum Gasteiger partial charge on any atom is 0.306 e. The fraction of sp³-hybridized carbons (Fsp3) is 0.607. The average Bonchev–Trinajstić information content (AvgIpc) is 2.97. The van der Waals surface area contributed by atoms with Crippen LogP contribution in [0.5, 0.6) is 5.75 Å². The molecule has 1 aromatic rings. The van der Waals surface area contributed by atoms with Crippen LogP contribution in [-0.2, 0) is 14.3 Å². The first-order valence-electron chi connectivity index (χ1n) is 12.6. The van der Waals surface area contributed by atoms with Gasteiger partial charge in [-0.1, -0.05) is 42.8 Å². The zero-order chi connectivity index (χ0) is 24.3. The van der Waals surface area contributed by atoms with Crippen molar-refractivity contribution in [3.8, 4) is 5.75 Å². The summed E-state index contributed by atoms with van der Waals surface area (Å²) in [5.41, 5.74) is 1.30. The Morgan fingerprint density at radius 2 is 2.00 bits per heavy atom. The highest BCUT2D eigenvalue weighted by atomic mass is 16.5. The zero-order valence-electron chi connectivity index (χ0n) is 20.5. The lowest BCUT2D eigenvalue weighted by molar-refractivity contribution is -0.147. The predicted molar refractivity (Wildman–Crippen MR) is 131 cm³/mol. The summed E-state index contributed by atoms with van der Waals surface area (Å²) in [5.74, 6) is 0.770. The Labute approximate surface area is 203 Å². The lowest BCUT2D eigenvalue weighted by Gasteiger charge is -2.20. The van der Waals surface area contributed by atoms with Crippen LogP contribution in [0.25, 0.3) is 0 Å². The summed E-state index contributed by atoms with van der Waals surface area (Å²) < 4.78 is 17.0. The summed E-state index contributed by atoms with van der Waals surface area (Å²) >= 11 is 0. The minimum absolute atomic E-state index is 0.0296. The number of allylic oxidation sites excluding steroid dienone is 1. The monoisotopic (exact) mass is 472 g/mol. The Morgan fingerprint density at radius 3 is 2.76 bits per heavy atom. The maximum atomic E-state index is 11.6. The highest BCUT2D eigenvalue weighted by Crippen LogP contribution is 2.40. The third kappa shape index (κ3) is 8.57. The second-order valence-corrected chi connectivity index (χ2v) is 9.67. The van der Waals surface area contributed by atoms with Crippen LogP contribution >= 0.6 is 0 Å². The van der Waals surface area contributed by atoms with Crippen LogP contribution < -0.4 is 4.74 Å². The third-order valence-electron chi connectivity index (χ3n) is 6.52. The molecular weight excluding hydrogens is 432 g/mol. The number of ether oxygens (including phenoxy) is 3. The molecule has 0 bridgehead atoms. The number of rotatable bonds is 12. The minimum Gasteiger partial charge on any atom is -0.491 e. The molecule has 0 spiro atoms. The number of carbonyl (C=O) groups excluding carboxylic acids is 1. The van der Waals surface area contributed by atoms with Crippen LogP contribution in [0.15, 0.2) is 54.1 Å². The van der Waals surface area contributed by atoms with Gasteiger partial charge < -0.3 is 24.4 Å². The molecule has 1 fully saturated rings. The molecule has 1 unspecified atom stereocenters. The molecule has 0 amide bonds. The van der Waals surface area contributed by atoms with Crippen molar-refractivity contribution in [1.82, 2.24) is 0 Å². The van der Waals surface area contributed by atoms with Crippen LogP contribution in [0, 0.1) is 11.8 Å². The predicted octanol–water partition coefficient (Wildman–Crippen LogP) is 4.60. The smallest absolute Gasteiger partial charge is 0.306 e. The highest BCUT2D eigenvalue weighted by Gasteiger charge is 2.42. The van der Waals surface area contributed by atoms with Crippen molar-refractivity contribution in [1.29, 1.82) is 0 Å². The molecule has 6 heteroatoms. The van der Waals surface area contributed by atoms with Gasteiger partial charge in [0, 0.05) is 18.8 Å². The number of hydrogen-bond acceptors (Lipinski definition) is 6. The highest BCUT2D eigenvalue weighted by molar-refractivity contribution is 5.69. The summed E-state index contributed by atoms with van der Waals surface area (Å²) in [6, 6.07) is 9.42. The molecular formula is C28H40O6. The van der Waals surface area contributed by atoms with E-state index in [0.717, 1.165) is 37.9 Å². The Kier molecular flexibility index (Phi) is 10.6. The molecule has 1 aromatic carbocycles. The van der Waals surface area contributed by atoms with Crippen molar-refractivity contribution in [2.75, 3.05) is 13.2 Å². The second kappa shape index (κ2) is 13.7. The lowest BCUT2D eigenvalue weighted by atomic mass is 9.89. The van der Waals surface area contributed by atoms with E-state index in [4.69, 9.17) is 14.2 Å². The number of aliphatic hydroxyl groups is 2. The van der Waals surface area contributed by atoms with Gasteiger partial charge in [0.15, 0.2) is 0 Å². The van der Waals surface area contributed by atoms with Crippen molar-refractivity contribution in [2.45, 2.75) is 83.2 Å². The number of esters is 1. The van der Waals surface area contributed by atoms with E-state index in [1.807, 2.05) is 50.3 Å². The van der Waals surface area contributed by atoms with Crippen molar-refractivity contribution in [2.24, 2.45) is 11.8 Å². The fourth-order valence-corrected chi connectivity index (χ4v) is 4.76. The SMILES string of the molecule is CC(C)OC(=O)CCCCCC1=CC[C@@H]2[C@@H](C=CC(O)COc3ccccc3)[C@H](O)C[C@@H]2OC1. The summed E-state index contributed by atoms with van der Waals surface area (Å²) in [4.78, 5) is 11.6. The molecule has 188 valence electrons. The number of hydrogen-bond donors (Lipinski definition) is 2. The van der Waals surface area contributed by atoms with E-state index in [1.165, 1.54) is 5.57 Å². The van der Waals surface area contributed by atoms with Crippen LogP contribution in [0.4, 0.5) is 0 Å². The minimum atomic E-state index is -0.734. The van der Waals surface area contributed by atoms with E-state index in [9.17, 15) is 15.0 Å². The molecule has 0 radical (unpaired) electrons. The number of carbonyl (C=O) groups is 1. The summed E-state index contributed by atoms with van der Waals surface area (Å²) in [5, 5.41) is 20.9. The Balaban J connectivity index is 1.42. The maximum absolute atomic E-state index is 11.6. The standard InChI is InChI=1S/C28H40O6/c1-20(2)34-28(31)12-8-3-5-9-21-13-15-25-24(26(30)17-27(25)33-18-21)16-14-22(29)19-32-23-10-6-4-7-11-23/h4,6-7,10-11,13-14,16,20,22,24-27,29-30H,3,5,8-9,12,15,17-19H2,1-2H3/t22?,24-,25-,26-,27+/m1/s1. The first-order chi connectivity index (χ1) is 16.4. The lowest BCUT2D eigenvalue weighted by Crippen LogP contribution is -2.22. The van der Waals surface area contributed by atoms with Gasteiger partial charge >= 0.3 is 5.97 Å². The topological polar surface area (TPSA) is 85.2 Å². The number of fused-ring (bicyclic) bond motifs is 1. The first kappa shape index (κ1) is 26.5. The van der Waals surface area contributed by atoms with Crippen LogP contribution in [0.2, 0.25) is 0 Å². The fourth-order valence-electron chi connectivity index (χ4n) is 4.76. The van der Waals surface area contributed by atoms with Crippen LogP contribution in [0.3, 0.4) is 0 Å². The van der Waals surface area contributed by atoms with Crippen molar-refractivity contribution in [3.05, 3.63) is 54.1 Å². The van der Waals surface area contributed by atoms with E-state index in [2.05, 4.69) is 6.08 Å². The van der Waals surface area contributed by atoms with Crippen LogP contribution in [0.1, 0.15) is 58.8 Å². The Hall–Kier alpha value is -2.15. The van der Waals surface area contributed by atoms with E-state index in [1.54, 1.807) is 6.08 Å². The number of benzene rings is 1. The number of aliphatic hydroxyl groups excluding tert-OH is 2. The summed E-state index contributed by atoms with van der Waals surface area (Å²) in [6.45, 7) is 4.52. The summed E-state index contributed by atoms with van der Waals surface area (Å²) in [6.07, 6.45) is 10.5. The molecule has 1 heterocycles. The quantitative estimate of drug-likeness (QED) is 0.263. The van der Waals surface area contributed by atoms with E-state index < -0.39 is 12.2 Å². The third-order valence-corrected chi connectivity index (χ3v) is 6.52. The largest absolute Gasteiger partial charge is 0.491 e. The van der Waals surface area contributed by atoms with Gasteiger partial charge in [-0.25, -0.2) is 0 Å². The van der Waals surface area contributed by atoms with Gasteiger partial charge in [0.1, 0.15) is 18.5 Å². The molecule has 1 aliphatic heterocycles. The van der Waals surface area contributed by atoms with Gasteiger partial charge in [-0.15, -0.1) is 0 Å². The molecule has 2 N–H and O–H groups in total. The molecule has 34 heavy (non-hydrogen) atoms. The Bertz CT molecular complexity index is 802. The second-order valence-electron chi connectivity index (χ2n) is 9.67. The number of unbranched alkanes of at least 4 members (excludes halogenated alkanes) is 2. The van der Waals surface area contributed by atoms with Crippen molar-refractivity contribution < 1.29 is 29.2 Å². The molecule has 5 atom stereocenters. The van der Waals surface area contributed by atoms with Gasteiger partial charge in [-0.3, -0.25) is 4.79 Å². The zero-order valence-corrected chi connectivity index (χ0v) is 20.5. The normalized spacial score (nSPS) is 25.6.